The van der Waals surface area contributed by atoms with Crippen LogP contribution in [0.5, 0.6) is 0 Å². The summed E-state index contributed by atoms with van der Waals surface area (Å²) in [6.07, 6.45) is 4.94. The fourth-order valence-electron chi connectivity index (χ4n) is 2.88. The van der Waals surface area contributed by atoms with E-state index in [1.807, 2.05) is 36.7 Å². The van der Waals surface area contributed by atoms with Gasteiger partial charge in [0.2, 0.25) is 5.95 Å². The van der Waals surface area contributed by atoms with Crippen LogP contribution in [0, 0.1) is 5.41 Å². The molecule has 0 amide bonds. The van der Waals surface area contributed by atoms with E-state index in [0.29, 0.717) is 18.8 Å². The first-order valence-corrected chi connectivity index (χ1v) is 8.59. The zero-order chi connectivity index (χ0) is 18.5. The number of Topliss-reactive ketones (excluding diaryl/α,β-unsaturated/α-hetero) is 1. The van der Waals surface area contributed by atoms with E-state index in [1.54, 1.807) is 7.11 Å². The van der Waals surface area contributed by atoms with Crippen LogP contribution in [0.15, 0.2) is 36.7 Å². The lowest BCUT2D eigenvalue weighted by Gasteiger charge is -2.37. The monoisotopic (exact) mass is 353 g/mol. The number of hydrogen-bond acceptors (Lipinski definition) is 6. The van der Waals surface area contributed by atoms with Crippen LogP contribution in [0.1, 0.15) is 18.4 Å². The molecule has 0 unspecified atom stereocenters. The Morgan fingerprint density at radius 1 is 1.31 bits per heavy atom. The Kier molecular flexibility index (Phi) is 5.58. The Morgan fingerprint density at radius 2 is 2.04 bits per heavy atom. The molecule has 3 rings (SSSR count). The number of methoxy groups -OCH3 is 1. The number of amidine groups is 1. The fraction of sp³-hybridized carbons (Fsp3) is 0.368. The van der Waals surface area contributed by atoms with Gasteiger partial charge < -0.3 is 15.4 Å². The number of nitrogens with two attached hydrogens (primary N) is 1. The van der Waals surface area contributed by atoms with E-state index in [4.69, 9.17) is 15.9 Å². The van der Waals surface area contributed by atoms with E-state index >= 15 is 0 Å². The minimum atomic E-state index is -0.0833. The number of benzene rings is 1. The molecule has 3 N–H and O–H groups in total. The highest BCUT2D eigenvalue weighted by molar-refractivity contribution is 5.98. The van der Waals surface area contributed by atoms with Crippen LogP contribution in [0.4, 0.5) is 5.95 Å². The van der Waals surface area contributed by atoms with E-state index in [2.05, 4.69) is 14.9 Å². The van der Waals surface area contributed by atoms with Crippen molar-refractivity contribution < 1.29 is 9.53 Å². The number of nitrogens with zero attached hydrogens (tertiary/aromatic N) is 3. The maximum atomic E-state index is 11.7. The van der Waals surface area contributed by atoms with Crippen molar-refractivity contribution in [1.29, 1.82) is 5.41 Å². The van der Waals surface area contributed by atoms with Gasteiger partial charge in [0.15, 0.2) is 0 Å². The van der Waals surface area contributed by atoms with Crippen molar-refractivity contribution in [3.05, 3.63) is 42.2 Å². The molecule has 0 saturated carbocycles. The second-order valence-corrected chi connectivity index (χ2v) is 6.48. The maximum Gasteiger partial charge on any atom is 0.225 e. The summed E-state index contributed by atoms with van der Waals surface area (Å²) < 4.78 is 5.27. The van der Waals surface area contributed by atoms with E-state index in [0.717, 1.165) is 29.8 Å². The number of ether oxygens (including phenoxy) is 1. The summed E-state index contributed by atoms with van der Waals surface area (Å²) in [5.41, 5.74) is 8.29. The number of carbonyl (C=O) groups excluding carboxylic acids is 1. The van der Waals surface area contributed by atoms with Gasteiger partial charge in [-0.25, -0.2) is 9.97 Å². The van der Waals surface area contributed by atoms with Crippen LogP contribution < -0.4 is 10.6 Å². The zero-order valence-electron chi connectivity index (χ0n) is 14.8. The molecule has 1 aliphatic heterocycles. The molecule has 1 fully saturated rings. The smallest absolute Gasteiger partial charge is 0.225 e. The molecule has 7 heteroatoms. The lowest BCUT2D eigenvalue weighted by molar-refractivity contribution is -0.117. The number of carbonyl (C=O) groups is 1. The summed E-state index contributed by atoms with van der Waals surface area (Å²) in [6.45, 7) is 1.64. The van der Waals surface area contributed by atoms with E-state index in [1.165, 1.54) is 0 Å². The van der Waals surface area contributed by atoms with Crippen LogP contribution >= 0.6 is 0 Å². The Balaban J connectivity index is 1.62. The molecule has 1 aromatic heterocycles. The van der Waals surface area contributed by atoms with Crippen LogP contribution in [-0.4, -0.2) is 47.9 Å². The highest BCUT2D eigenvalue weighted by atomic mass is 16.5. The summed E-state index contributed by atoms with van der Waals surface area (Å²) in [5, 5.41) is 7.17. The van der Waals surface area contributed by atoms with E-state index in [9.17, 15) is 4.79 Å². The Hall–Kier alpha value is -2.80. The van der Waals surface area contributed by atoms with Crippen LogP contribution in [-0.2, 0) is 16.0 Å². The number of ketones is 1. The highest BCUT2D eigenvalue weighted by Gasteiger charge is 2.28. The Bertz CT molecular complexity index is 785. The summed E-state index contributed by atoms with van der Waals surface area (Å²) >= 11 is 0. The summed E-state index contributed by atoms with van der Waals surface area (Å²) in [4.78, 5) is 22.7. The van der Waals surface area contributed by atoms with Crippen molar-refractivity contribution in [1.82, 2.24) is 9.97 Å². The van der Waals surface area contributed by atoms with Crippen molar-refractivity contribution in [3.63, 3.8) is 0 Å². The normalized spacial score (nSPS) is 14.1. The minimum Gasteiger partial charge on any atom is -0.387 e. The number of nitrogens with one attached hydrogen (secondary N) is 1. The first kappa shape index (κ1) is 18.0. The molecule has 136 valence electrons. The Labute approximate surface area is 152 Å². The summed E-state index contributed by atoms with van der Waals surface area (Å²) in [5.74, 6) is 0.618. The third-order valence-electron chi connectivity index (χ3n) is 4.44. The average molecular weight is 353 g/mol. The van der Waals surface area contributed by atoms with Gasteiger partial charge in [0, 0.05) is 44.6 Å². The van der Waals surface area contributed by atoms with Crippen molar-refractivity contribution in [3.8, 4) is 11.1 Å². The molecular formula is C19H23N5O2. The van der Waals surface area contributed by atoms with E-state index < -0.39 is 0 Å². The highest BCUT2D eigenvalue weighted by Crippen LogP contribution is 2.23. The lowest BCUT2D eigenvalue weighted by atomic mass is 10.0. The zero-order valence-corrected chi connectivity index (χ0v) is 14.8. The molecule has 0 aliphatic carbocycles. The molecule has 0 bridgehead atoms. The van der Waals surface area contributed by atoms with Gasteiger partial charge in [0.05, 0.1) is 18.4 Å². The van der Waals surface area contributed by atoms with Gasteiger partial charge in [-0.05, 0) is 17.5 Å². The first-order valence-electron chi connectivity index (χ1n) is 8.59. The third kappa shape index (κ3) is 4.43. The molecule has 7 nitrogen and oxygen atoms in total. The van der Waals surface area contributed by atoms with Gasteiger partial charge in [-0.15, -0.1) is 0 Å². The fourth-order valence-corrected chi connectivity index (χ4v) is 2.88. The number of aromatic nitrogens is 2. The molecule has 1 saturated heterocycles. The van der Waals surface area contributed by atoms with Gasteiger partial charge in [-0.2, -0.15) is 0 Å². The van der Waals surface area contributed by atoms with Crippen LogP contribution in [0.3, 0.4) is 0 Å². The number of rotatable bonds is 8. The quantitative estimate of drug-likeness (QED) is 0.554. The molecule has 2 aromatic rings. The molecule has 1 aromatic carbocycles. The Morgan fingerprint density at radius 3 is 2.69 bits per heavy atom. The topological polar surface area (TPSA) is 105 Å². The van der Waals surface area contributed by atoms with Crippen molar-refractivity contribution in [2.24, 2.45) is 5.73 Å². The van der Waals surface area contributed by atoms with Gasteiger partial charge in [-0.3, -0.25) is 10.2 Å². The predicted octanol–water partition coefficient (Wildman–Crippen LogP) is 1.81. The summed E-state index contributed by atoms with van der Waals surface area (Å²) in [6, 6.07) is 8.01. The average Bonchev–Trinajstić information content (AvgIpc) is 2.59. The second kappa shape index (κ2) is 8.05. The SMILES string of the molecule is COC1CN(c2ncc(-c3cccc(CCC(=O)CC(=N)N)c3)cn2)C1. The molecule has 26 heavy (non-hydrogen) atoms. The first-order chi connectivity index (χ1) is 12.5. The number of anilines is 1. The van der Waals surface area contributed by atoms with Crippen molar-refractivity contribution in [2.45, 2.75) is 25.4 Å². The third-order valence-corrected chi connectivity index (χ3v) is 4.44. The van der Waals surface area contributed by atoms with Crippen molar-refractivity contribution >= 4 is 17.6 Å². The summed E-state index contributed by atoms with van der Waals surface area (Å²) in [7, 11) is 1.71. The number of aryl methyl sites for hydroxylation is 1. The van der Waals surface area contributed by atoms with Gasteiger partial charge in [0.1, 0.15) is 5.78 Å². The standard InChI is InChI=1S/C19H23N5O2/c1-26-17-11-24(12-17)19-22-9-15(10-23-19)14-4-2-3-13(7-14)5-6-16(25)8-18(20)21/h2-4,7,9-10,17H,5-6,8,11-12H2,1H3,(H3,20,21). The van der Waals surface area contributed by atoms with Gasteiger partial charge >= 0.3 is 0 Å². The van der Waals surface area contributed by atoms with Crippen LogP contribution in [0.25, 0.3) is 11.1 Å². The number of hydrogen-bond donors (Lipinski definition) is 2. The lowest BCUT2D eigenvalue weighted by Crippen LogP contribution is -2.52. The van der Waals surface area contributed by atoms with Gasteiger partial charge in [0.25, 0.3) is 0 Å². The molecule has 0 spiro atoms. The predicted molar refractivity (Wildman–Crippen MR) is 100 cm³/mol. The maximum absolute atomic E-state index is 11.7. The van der Waals surface area contributed by atoms with Crippen molar-refractivity contribution in [2.75, 3.05) is 25.1 Å². The molecular weight excluding hydrogens is 330 g/mol. The van der Waals surface area contributed by atoms with E-state index in [-0.39, 0.29) is 24.1 Å². The second-order valence-electron chi connectivity index (χ2n) is 6.48. The van der Waals surface area contributed by atoms with Gasteiger partial charge in [-0.1, -0.05) is 24.3 Å². The largest absolute Gasteiger partial charge is 0.387 e. The van der Waals surface area contributed by atoms with Crippen LogP contribution in [0.2, 0.25) is 0 Å². The molecule has 0 atom stereocenters. The molecule has 2 heterocycles. The molecule has 1 aliphatic rings. The minimum absolute atomic E-state index is 0.0144. The molecule has 0 radical (unpaired) electrons.